The highest BCUT2D eigenvalue weighted by Crippen LogP contribution is 2.37. The minimum atomic E-state index is -4.00. The van der Waals surface area contributed by atoms with Crippen LogP contribution < -0.4 is 5.14 Å². The molecule has 0 saturated carbocycles. The first-order chi connectivity index (χ1) is 12.4. The molecule has 9 nitrogen and oxygen atoms in total. The zero-order valence-corrected chi connectivity index (χ0v) is 17.3. The maximum atomic E-state index is 11.5. The smallest absolute Gasteiger partial charge is 0.239 e. The van der Waals surface area contributed by atoms with Crippen molar-refractivity contribution in [2.45, 2.75) is 38.0 Å². The van der Waals surface area contributed by atoms with Crippen molar-refractivity contribution in [3.63, 3.8) is 0 Å². The Labute approximate surface area is 165 Å². The molecule has 0 radical (unpaired) electrons. The van der Waals surface area contributed by atoms with E-state index in [1.807, 2.05) is 20.8 Å². The molecule has 2 heterocycles. The van der Waals surface area contributed by atoms with Gasteiger partial charge in [0.15, 0.2) is 11.3 Å². The Kier molecular flexibility index (Phi) is 4.79. The van der Waals surface area contributed by atoms with Gasteiger partial charge >= 0.3 is 0 Å². The SMILES string of the molecule is Cc1nn2nc(C(C)(C)C)c(/N=N/c3cc(Cl)c(S(N)(=O)=O)cc3Cl)c2[nH]1. The van der Waals surface area contributed by atoms with Gasteiger partial charge in [-0.3, -0.25) is 0 Å². The first kappa shape index (κ1) is 19.7. The number of benzene rings is 1. The summed E-state index contributed by atoms with van der Waals surface area (Å²) in [6.45, 7) is 7.77. The van der Waals surface area contributed by atoms with Crippen molar-refractivity contribution in [1.82, 2.24) is 19.8 Å². The summed E-state index contributed by atoms with van der Waals surface area (Å²) in [4.78, 5) is 2.81. The van der Waals surface area contributed by atoms with E-state index in [4.69, 9.17) is 28.3 Å². The van der Waals surface area contributed by atoms with Gasteiger partial charge in [-0.15, -0.1) is 20.0 Å². The van der Waals surface area contributed by atoms with E-state index >= 15 is 0 Å². The fourth-order valence-electron chi connectivity index (χ4n) is 2.44. The van der Waals surface area contributed by atoms with Crippen molar-refractivity contribution < 1.29 is 8.42 Å². The summed E-state index contributed by atoms with van der Waals surface area (Å²) in [5.74, 6) is 0.674. The van der Waals surface area contributed by atoms with Crippen LogP contribution in [0.5, 0.6) is 0 Å². The van der Waals surface area contributed by atoms with Crippen LogP contribution in [0.1, 0.15) is 32.3 Å². The number of nitrogens with two attached hydrogens (primary N) is 1. The molecular weight excluding hydrogens is 413 g/mol. The molecule has 0 unspecified atom stereocenters. The van der Waals surface area contributed by atoms with Crippen LogP contribution in [0.15, 0.2) is 27.3 Å². The number of rotatable bonds is 3. The van der Waals surface area contributed by atoms with Crippen molar-refractivity contribution in [3.8, 4) is 0 Å². The summed E-state index contributed by atoms with van der Waals surface area (Å²) in [5, 5.41) is 22.2. The molecule has 0 amide bonds. The molecule has 3 aromatic rings. The van der Waals surface area contributed by atoms with Gasteiger partial charge in [-0.25, -0.2) is 13.6 Å². The van der Waals surface area contributed by atoms with Crippen LogP contribution >= 0.6 is 23.2 Å². The summed E-state index contributed by atoms with van der Waals surface area (Å²) < 4.78 is 24.5. The van der Waals surface area contributed by atoms with Crippen LogP contribution in [0, 0.1) is 6.92 Å². The number of azo groups is 1. The van der Waals surface area contributed by atoms with Gasteiger partial charge in [-0.05, 0) is 19.1 Å². The van der Waals surface area contributed by atoms with Gasteiger partial charge in [0, 0.05) is 5.41 Å². The Bertz CT molecular complexity index is 1170. The molecule has 1 aromatic carbocycles. The van der Waals surface area contributed by atoms with Gasteiger partial charge < -0.3 is 4.98 Å². The number of aromatic amines is 1. The Hall–Kier alpha value is -2.01. The highest BCUT2D eigenvalue weighted by atomic mass is 35.5. The quantitative estimate of drug-likeness (QED) is 0.607. The van der Waals surface area contributed by atoms with Crippen LogP contribution in [0.2, 0.25) is 10.0 Å². The van der Waals surface area contributed by atoms with E-state index in [0.29, 0.717) is 22.9 Å². The Morgan fingerprint density at radius 1 is 1.15 bits per heavy atom. The van der Waals surface area contributed by atoms with E-state index in [0.717, 1.165) is 6.07 Å². The number of aromatic nitrogens is 4. The Morgan fingerprint density at radius 2 is 1.81 bits per heavy atom. The molecule has 27 heavy (non-hydrogen) atoms. The van der Waals surface area contributed by atoms with E-state index in [-0.39, 0.29) is 26.0 Å². The van der Waals surface area contributed by atoms with E-state index < -0.39 is 10.0 Å². The van der Waals surface area contributed by atoms with Gasteiger partial charge in [0.25, 0.3) is 0 Å². The molecule has 0 aliphatic rings. The molecule has 0 bridgehead atoms. The van der Waals surface area contributed by atoms with E-state index in [1.54, 1.807) is 6.92 Å². The molecular formula is C15H17Cl2N7O2S. The van der Waals surface area contributed by atoms with Crippen LogP contribution in [-0.4, -0.2) is 28.2 Å². The van der Waals surface area contributed by atoms with Gasteiger partial charge in [-0.1, -0.05) is 44.0 Å². The Balaban J connectivity index is 2.13. The van der Waals surface area contributed by atoms with Crippen molar-refractivity contribution in [3.05, 3.63) is 33.7 Å². The van der Waals surface area contributed by atoms with Crippen LogP contribution in [0.4, 0.5) is 11.4 Å². The fraction of sp³-hybridized carbons (Fsp3) is 0.333. The average molecular weight is 430 g/mol. The molecule has 144 valence electrons. The number of nitrogens with one attached hydrogen (secondary N) is 1. The topological polar surface area (TPSA) is 131 Å². The highest BCUT2D eigenvalue weighted by molar-refractivity contribution is 7.89. The monoisotopic (exact) mass is 429 g/mol. The second kappa shape index (κ2) is 6.55. The maximum Gasteiger partial charge on any atom is 0.239 e. The van der Waals surface area contributed by atoms with E-state index in [9.17, 15) is 8.42 Å². The first-order valence-corrected chi connectivity index (χ1v) is 10.1. The third kappa shape index (κ3) is 3.84. The molecule has 3 rings (SSSR count). The largest absolute Gasteiger partial charge is 0.324 e. The number of aryl methyl sites for hydroxylation is 1. The summed E-state index contributed by atoms with van der Waals surface area (Å²) in [6, 6.07) is 2.44. The van der Waals surface area contributed by atoms with Crippen LogP contribution in [0.25, 0.3) is 5.65 Å². The van der Waals surface area contributed by atoms with Gasteiger partial charge in [0.2, 0.25) is 10.0 Å². The van der Waals surface area contributed by atoms with Crippen molar-refractivity contribution >= 4 is 50.2 Å². The van der Waals surface area contributed by atoms with Crippen LogP contribution in [-0.2, 0) is 15.4 Å². The number of hydrogen-bond acceptors (Lipinski definition) is 6. The number of sulfonamides is 1. The van der Waals surface area contributed by atoms with Crippen molar-refractivity contribution in [2.75, 3.05) is 0 Å². The summed E-state index contributed by atoms with van der Waals surface area (Å²) in [7, 11) is -4.00. The predicted molar refractivity (Wildman–Crippen MR) is 103 cm³/mol. The lowest BCUT2D eigenvalue weighted by Gasteiger charge is -2.15. The number of halogens is 2. The van der Waals surface area contributed by atoms with E-state index in [1.165, 1.54) is 10.7 Å². The molecule has 0 fully saturated rings. The third-order valence-corrected chi connectivity index (χ3v) is 5.34. The fourth-order valence-corrected chi connectivity index (χ4v) is 3.80. The molecule has 0 atom stereocenters. The molecule has 0 spiro atoms. The van der Waals surface area contributed by atoms with Crippen LogP contribution in [0.3, 0.4) is 0 Å². The summed E-state index contributed by atoms with van der Waals surface area (Å²) >= 11 is 12.1. The highest BCUT2D eigenvalue weighted by Gasteiger charge is 2.26. The molecule has 12 heteroatoms. The third-order valence-electron chi connectivity index (χ3n) is 3.66. The number of H-pyrrole nitrogens is 1. The standard InChI is InChI=1S/C15H17Cl2N7O2S/c1-7-19-14-12(13(15(2,3)4)23-24(14)22-7)21-20-10-5-9(17)11(6-8(10)16)27(18,25)26/h5-6H,1-4H3,(H,19,22)(H2,18,25,26)/b21-20+. The lowest BCUT2D eigenvalue weighted by molar-refractivity contribution is 0.557. The normalized spacial score (nSPS) is 13.1. The van der Waals surface area contributed by atoms with Gasteiger partial charge in [0.05, 0.1) is 15.7 Å². The van der Waals surface area contributed by atoms with Gasteiger partial charge in [0.1, 0.15) is 16.4 Å². The molecule has 0 saturated heterocycles. The minimum Gasteiger partial charge on any atom is -0.324 e. The molecule has 3 N–H and O–H groups in total. The first-order valence-electron chi connectivity index (χ1n) is 7.77. The molecule has 0 aliphatic heterocycles. The number of hydrogen-bond donors (Lipinski definition) is 2. The summed E-state index contributed by atoms with van der Waals surface area (Å²) in [6.07, 6.45) is 0. The molecule has 0 aliphatic carbocycles. The lowest BCUT2D eigenvalue weighted by Crippen LogP contribution is -2.12. The second-order valence-electron chi connectivity index (χ2n) is 6.97. The van der Waals surface area contributed by atoms with E-state index in [2.05, 4.69) is 25.4 Å². The van der Waals surface area contributed by atoms with Gasteiger partial charge in [-0.2, -0.15) is 5.10 Å². The minimum absolute atomic E-state index is 0.0497. The lowest BCUT2D eigenvalue weighted by atomic mass is 9.91. The molecule has 2 aromatic heterocycles. The zero-order chi connectivity index (χ0) is 20.1. The number of nitrogens with zero attached hydrogens (tertiary/aromatic N) is 5. The second-order valence-corrected chi connectivity index (χ2v) is 9.32. The van der Waals surface area contributed by atoms with Crippen molar-refractivity contribution in [2.24, 2.45) is 15.4 Å². The van der Waals surface area contributed by atoms with Crippen molar-refractivity contribution in [1.29, 1.82) is 0 Å². The maximum absolute atomic E-state index is 11.5. The Morgan fingerprint density at radius 3 is 2.41 bits per heavy atom. The predicted octanol–water partition coefficient (Wildman–Crippen LogP) is 4.03. The zero-order valence-electron chi connectivity index (χ0n) is 14.9. The number of primary sulfonamides is 1. The number of fused-ring (bicyclic) bond motifs is 1. The average Bonchev–Trinajstić information content (AvgIpc) is 3.02. The summed E-state index contributed by atoms with van der Waals surface area (Å²) in [5.41, 5.74) is 1.67.